The lowest BCUT2D eigenvalue weighted by Gasteiger charge is -2.21. The first-order chi connectivity index (χ1) is 6.69. The van der Waals surface area contributed by atoms with Crippen molar-refractivity contribution in [1.82, 2.24) is 10.6 Å². The van der Waals surface area contributed by atoms with Crippen LogP contribution in [0.15, 0.2) is 0 Å². The summed E-state index contributed by atoms with van der Waals surface area (Å²) in [5, 5.41) is 5.92. The lowest BCUT2D eigenvalue weighted by molar-refractivity contribution is -0.124. The Morgan fingerprint density at radius 3 is 2.79 bits per heavy atom. The van der Waals surface area contributed by atoms with E-state index in [1.807, 2.05) is 6.92 Å². The van der Waals surface area contributed by atoms with Crippen LogP contribution in [0.1, 0.15) is 26.2 Å². The van der Waals surface area contributed by atoms with Crippen LogP contribution in [0, 0.1) is 0 Å². The molecule has 4 nitrogen and oxygen atoms in total. The number of nitrogens with one attached hydrogen (secondary N) is 2. The standard InChI is InChI=1S/C10H20N2O2/c1-7(11-2)10(13)12-8-5-4-6-9(8)14-3/h7-9,11H,4-6H2,1-3H3,(H,12,13). The first-order valence-corrected chi connectivity index (χ1v) is 5.19. The van der Waals surface area contributed by atoms with Crippen molar-refractivity contribution in [3.8, 4) is 0 Å². The van der Waals surface area contributed by atoms with Crippen molar-refractivity contribution < 1.29 is 9.53 Å². The van der Waals surface area contributed by atoms with Crippen LogP contribution in [0.3, 0.4) is 0 Å². The van der Waals surface area contributed by atoms with E-state index in [0.29, 0.717) is 0 Å². The van der Waals surface area contributed by atoms with Crippen molar-refractivity contribution in [3.63, 3.8) is 0 Å². The number of rotatable bonds is 4. The summed E-state index contributed by atoms with van der Waals surface area (Å²) in [6.45, 7) is 1.85. The number of ether oxygens (including phenoxy) is 1. The predicted octanol–water partition coefficient (Wildman–Crippen LogP) is 0.278. The zero-order valence-electron chi connectivity index (χ0n) is 9.17. The third-order valence-electron chi connectivity index (χ3n) is 2.91. The van der Waals surface area contributed by atoms with Gasteiger partial charge in [-0.3, -0.25) is 4.79 Å². The summed E-state index contributed by atoms with van der Waals surface area (Å²) in [6.07, 6.45) is 3.41. The molecule has 0 aromatic carbocycles. The summed E-state index contributed by atoms with van der Waals surface area (Å²) < 4.78 is 5.30. The number of methoxy groups -OCH3 is 1. The van der Waals surface area contributed by atoms with Crippen LogP contribution in [-0.4, -0.2) is 38.3 Å². The molecule has 1 saturated carbocycles. The van der Waals surface area contributed by atoms with Crippen LogP contribution in [-0.2, 0) is 9.53 Å². The van der Waals surface area contributed by atoms with Gasteiger partial charge in [0.25, 0.3) is 0 Å². The molecule has 0 spiro atoms. The number of carbonyl (C=O) groups is 1. The van der Waals surface area contributed by atoms with Crippen molar-refractivity contribution in [1.29, 1.82) is 0 Å². The molecular weight excluding hydrogens is 180 g/mol. The van der Waals surface area contributed by atoms with Gasteiger partial charge in [-0.15, -0.1) is 0 Å². The third-order valence-corrected chi connectivity index (χ3v) is 2.91. The van der Waals surface area contributed by atoms with E-state index in [9.17, 15) is 4.79 Å². The van der Waals surface area contributed by atoms with Crippen molar-refractivity contribution >= 4 is 5.91 Å². The summed E-state index contributed by atoms with van der Waals surface area (Å²) in [4.78, 5) is 11.6. The summed E-state index contributed by atoms with van der Waals surface area (Å²) in [6, 6.07) is 0.0661. The number of carbonyl (C=O) groups excluding carboxylic acids is 1. The summed E-state index contributed by atoms with van der Waals surface area (Å²) >= 11 is 0. The molecule has 0 radical (unpaired) electrons. The topological polar surface area (TPSA) is 50.4 Å². The predicted molar refractivity (Wildman–Crippen MR) is 55.1 cm³/mol. The quantitative estimate of drug-likeness (QED) is 0.685. The van der Waals surface area contributed by atoms with E-state index in [4.69, 9.17) is 4.74 Å². The first-order valence-electron chi connectivity index (χ1n) is 5.19. The molecule has 1 aliphatic rings. The third kappa shape index (κ3) is 2.69. The SMILES string of the molecule is CNC(C)C(=O)NC1CCCC1OC. The second kappa shape index (κ2) is 5.32. The van der Waals surface area contributed by atoms with E-state index in [1.54, 1.807) is 14.2 Å². The van der Waals surface area contributed by atoms with Crippen molar-refractivity contribution in [2.24, 2.45) is 0 Å². The molecular formula is C10H20N2O2. The average Bonchev–Trinajstić information content (AvgIpc) is 2.63. The highest BCUT2D eigenvalue weighted by Gasteiger charge is 2.29. The maximum absolute atomic E-state index is 11.6. The smallest absolute Gasteiger partial charge is 0.237 e. The van der Waals surface area contributed by atoms with Crippen molar-refractivity contribution in [2.45, 2.75) is 44.4 Å². The second-order valence-corrected chi connectivity index (χ2v) is 3.83. The zero-order valence-corrected chi connectivity index (χ0v) is 9.17. The number of hydrogen-bond donors (Lipinski definition) is 2. The first kappa shape index (κ1) is 11.5. The van der Waals surface area contributed by atoms with E-state index in [0.717, 1.165) is 19.3 Å². The van der Waals surface area contributed by atoms with Gasteiger partial charge in [-0.25, -0.2) is 0 Å². The Bertz CT molecular complexity index is 197. The van der Waals surface area contributed by atoms with Gasteiger partial charge < -0.3 is 15.4 Å². The average molecular weight is 200 g/mol. The van der Waals surface area contributed by atoms with E-state index in [1.165, 1.54) is 0 Å². The molecule has 4 heteroatoms. The Morgan fingerprint density at radius 1 is 1.50 bits per heavy atom. The van der Waals surface area contributed by atoms with Gasteiger partial charge in [-0.1, -0.05) is 0 Å². The molecule has 1 rings (SSSR count). The minimum absolute atomic E-state index is 0.0569. The summed E-state index contributed by atoms with van der Waals surface area (Å²) in [5.41, 5.74) is 0. The molecule has 1 aliphatic carbocycles. The molecule has 0 saturated heterocycles. The van der Waals surface area contributed by atoms with E-state index in [-0.39, 0.29) is 24.1 Å². The minimum Gasteiger partial charge on any atom is -0.379 e. The van der Waals surface area contributed by atoms with Crippen LogP contribution in [0.2, 0.25) is 0 Å². The maximum Gasteiger partial charge on any atom is 0.237 e. The van der Waals surface area contributed by atoms with Gasteiger partial charge in [0.15, 0.2) is 0 Å². The van der Waals surface area contributed by atoms with Gasteiger partial charge >= 0.3 is 0 Å². The van der Waals surface area contributed by atoms with Gasteiger partial charge in [-0.2, -0.15) is 0 Å². The van der Waals surface area contributed by atoms with E-state index in [2.05, 4.69) is 10.6 Å². The van der Waals surface area contributed by atoms with Crippen LogP contribution < -0.4 is 10.6 Å². The van der Waals surface area contributed by atoms with Crippen molar-refractivity contribution in [3.05, 3.63) is 0 Å². The fourth-order valence-corrected chi connectivity index (χ4v) is 1.81. The number of amides is 1. The lowest BCUT2D eigenvalue weighted by atomic mass is 10.2. The fraction of sp³-hybridized carbons (Fsp3) is 0.900. The van der Waals surface area contributed by atoms with Gasteiger partial charge in [0, 0.05) is 7.11 Å². The van der Waals surface area contributed by atoms with Gasteiger partial charge in [0.1, 0.15) is 0 Å². The normalized spacial score (nSPS) is 28.8. The molecule has 0 aromatic heterocycles. The molecule has 1 amide bonds. The van der Waals surface area contributed by atoms with Crippen LogP contribution in [0.25, 0.3) is 0 Å². The molecule has 2 N–H and O–H groups in total. The molecule has 0 aromatic rings. The molecule has 82 valence electrons. The van der Waals surface area contributed by atoms with Crippen molar-refractivity contribution in [2.75, 3.05) is 14.2 Å². The Hall–Kier alpha value is -0.610. The minimum atomic E-state index is -0.131. The Balaban J connectivity index is 2.39. The highest BCUT2D eigenvalue weighted by atomic mass is 16.5. The largest absolute Gasteiger partial charge is 0.379 e. The van der Waals surface area contributed by atoms with Gasteiger partial charge in [0.2, 0.25) is 5.91 Å². The Morgan fingerprint density at radius 2 is 2.21 bits per heavy atom. The van der Waals surface area contributed by atoms with Crippen LogP contribution in [0.5, 0.6) is 0 Å². The number of hydrogen-bond acceptors (Lipinski definition) is 3. The fourth-order valence-electron chi connectivity index (χ4n) is 1.81. The monoisotopic (exact) mass is 200 g/mol. The molecule has 0 aliphatic heterocycles. The van der Waals surface area contributed by atoms with Gasteiger partial charge in [0.05, 0.1) is 18.2 Å². The maximum atomic E-state index is 11.6. The molecule has 14 heavy (non-hydrogen) atoms. The Labute approximate surface area is 85.4 Å². The van der Waals surface area contributed by atoms with E-state index >= 15 is 0 Å². The lowest BCUT2D eigenvalue weighted by Crippen LogP contribution is -2.48. The zero-order chi connectivity index (χ0) is 10.6. The second-order valence-electron chi connectivity index (χ2n) is 3.83. The molecule has 0 bridgehead atoms. The number of likely N-dealkylation sites (N-methyl/N-ethyl adjacent to an activating group) is 1. The molecule has 1 fully saturated rings. The molecule has 3 unspecified atom stereocenters. The Kier molecular flexibility index (Phi) is 4.35. The molecule has 0 heterocycles. The summed E-state index contributed by atoms with van der Waals surface area (Å²) in [7, 11) is 3.49. The van der Waals surface area contributed by atoms with Crippen LogP contribution in [0.4, 0.5) is 0 Å². The molecule has 3 atom stereocenters. The van der Waals surface area contributed by atoms with Gasteiger partial charge in [-0.05, 0) is 33.2 Å². The highest BCUT2D eigenvalue weighted by molar-refractivity contribution is 5.81. The summed E-state index contributed by atoms with van der Waals surface area (Å²) in [5.74, 6) is 0.0569. The highest BCUT2D eigenvalue weighted by Crippen LogP contribution is 2.21. The van der Waals surface area contributed by atoms with Crippen LogP contribution >= 0.6 is 0 Å². The van der Waals surface area contributed by atoms with E-state index < -0.39 is 0 Å².